The molecule has 0 aromatic heterocycles. The quantitative estimate of drug-likeness (QED) is 0.547. The lowest BCUT2D eigenvalue weighted by molar-refractivity contribution is -0.131. The van der Waals surface area contributed by atoms with Gasteiger partial charge in [-0.1, -0.05) is 19.1 Å². The predicted molar refractivity (Wildman–Crippen MR) is 107 cm³/mol. The average molecular weight is 396 g/mol. The van der Waals surface area contributed by atoms with E-state index in [9.17, 15) is 14.4 Å². The molecular weight excluding hydrogens is 372 g/mol. The number of benzene rings is 2. The monoisotopic (exact) mass is 396 g/mol. The Morgan fingerprint density at radius 2 is 1.62 bits per heavy atom. The van der Waals surface area contributed by atoms with E-state index in [1.54, 1.807) is 55.6 Å². The molecule has 0 spiro atoms. The van der Waals surface area contributed by atoms with E-state index in [-0.39, 0.29) is 12.3 Å². The fraction of sp³-hybridized carbons (Fsp3) is 0.318. The Balaban J connectivity index is 1.80. The van der Waals surface area contributed by atoms with Crippen LogP contribution in [0.5, 0.6) is 11.5 Å². The predicted octanol–water partition coefficient (Wildman–Crippen LogP) is 3.13. The summed E-state index contributed by atoms with van der Waals surface area (Å²) >= 11 is 0. The zero-order chi connectivity index (χ0) is 21.0. The second kappa shape index (κ2) is 8.34. The molecule has 1 fully saturated rings. The Hall–Kier alpha value is -3.35. The summed E-state index contributed by atoms with van der Waals surface area (Å²) in [6, 6.07) is 13.0. The molecule has 1 saturated heterocycles. The number of nitrogens with zero attached hydrogens (tertiary/aromatic N) is 1. The summed E-state index contributed by atoms with van der Waals surface area (Å²) in [5.41, 5.74) is -0.134. The molecule has 1 heterocycles. The van der Waals surface area contributed by atoms with Gasteiger partial charge in [-0.15, -0.1) is 0 Å². The van der Waals surface area contributed by atoms with Crippen molar-refractivity contribution in [2.24, 2.45) is 0 Å². The van der Waals surface area contributed by atoms with E-state index < -0.39 is 17.5 Å². The highest BCUT2D eigenvalue weighted by atomic mass is 16.5. The summed E-state index contributed by atoms with van der Waals surface area (Å²) in [4.78, 5) is 39.4. The SMILES string of the molecule is CCOc1ccc(C(=O)CN2C(=O)N[C@](CC)(c3ccc(OC)cc3)C2=O)cc1. The molecule has 3 amide bonds. The third-order valence-electron chi connectivity index (χ3n) is 5.08. The number of imide groups is 1. The first-order valence-corrected chi connectivity index (χ1v) is 9.50. The molecule has 1 atom stereocenters. The van der Waals surface area contributed by atoms with Gasteiger partial charge in [0.2, 0.25) is 0 Å². The van der Waals surface area contributed by atoms with Crippen LogP contribution in [0.25, 0.3) is 0 Å². The zero-order valence-corrected chi connectivity index (χ0v) is 16.7. The van der Waals surface area contributed by atoms with Crippen LogP contribution in [-0.4, -0.2) is 42.9 Å². The van der Waals surface area contributed by atoms with Crippen molar-refractivity contribution in [3.05, 3.63) is 59.7 Å². The smallest absolute Gasteiger partial charge is 0.325 e. The number of urea groups is 1. The number of Topliss-reactive ketones (excluding diaryl/α,β-unsaturated/α-hetero) is 1. The molecule has 0 aliphatic carbocycles. The first-order chi connectivity index (χ1) is 13.9. The van der Waals surface area contributed by atoms with Crippen molar-refractivity contribution < 1.29 is 23.9 Å². The van der Waals surface area contributed by atoms with Crippen LogP contribution in [-0.2, 0) is 10.3 Å². The number of methoxy groups -OCH3 is 1. The van der Waals surface area contributed by atoms with Crippen LogP contribution < -0.4 is 14.8 Å². The number of carbonyl (C=O) groups is 3. The number of nitrogens with one attached hydrogen (secondary N) is 1. The fourth-order valence-corrected chi connectivity index (χ4v) is 3.42. The molecule has 7 nitrogen and oxygen atoms in total. The minimum atomic E-state index is -1.19. The van der Waals surface area contributed by atoms with E-state index in [0.717, 1.165) is 4.90 Å². The van der Waals surface area contributed by atoms with Crippen molar-refractivity contribution in [3.8, 4) is 11.5 Å². The number of hydrogen-bond acceptors (Lipinski definition) is 5. The topological polar surface area (TPSA) is 84.9 Å². The Morgan fingerprint density at radius 3 is 2.17 bits per heavy atom. The molecule has 0 unspecified atom stereocenters. The second-order valence-electron chi connectivity index (χ2n) is 6.69. The molecule has 2 aromatic carbocycles. The molecule has 0 saturated carbocycles. The Morgan fingerprint density at radius 1 is 1.00 bits per heavy atom. The van der Waals surface area contributed by atoms with E-state index in [4.69, 9.17) is 9.47 Å². The van der Waals surface area contributed by atoms with Gasteiger partial charge in [0.1, 0.15) is 17.0 Å². The lowest BCUT2D eigenvalue weighted by atomic mass is 9.87. The largest absolute Gasteiger partial charge is 0.497 e. The zero-order valence-electron chi connectivity index (χ0n) is 16.7. The molecule has 3 rings (SSSR count). The number of ketones is 1. The molecule has 1 aliphatic heterocycles. The highest BCUT2D eigenvalue weighted by molar-refractivity contribution is 6.11. The van der Waals surface area contributed by atoms with Crippen LogP contribution in [0.3, 0.4) is 0 Å². The van der Waals surface area contributed by atoms with Crippen LogP contribution in [0.2, 0.25) is 0 Å². The van der Waals surface area contributed by atoms with Crippen LogP contribution in [0.15, 0.2) is 48.5 Å². The molecule has 1 aliphatic rings. The van der Waals surface area contributed by atoms with Gasteiger partial charge >= 0.3 is 6.03 Å². The van der Waals surface area contributed by atoms with Gasteiger partial charge in [-0.3, -0.25) is 14.5 Å². The molecular formula is C22H24N2O5. The number of hydrogen-bond donors (Lipinski definition) is 1. The van der Waals surface area contributed by atoms with Gasteiger partial charge in [-0.25, -0.2) is 4.79 Å². The van der Waals surface area contributed by atoms with E-state index in [1.807, 2.05) is 13.8 Å². The third-order valence-corrected chi connectivity index (χ3v) is 5.08. The van der Waals surface area contributed by atoms with Crippen LogP contribution in [0.1, 0.15) is 36.2 Å². The maximum absolute atomic E-state index is 13.2. The molecule has 2 aromatic rings. The van der Waals surface area contributed by atoms with Crippen LogP contribution in [0.4, 0.5) is 4.79 Å². The van der Waals surface area contributed by atoms with Crippen LogP contribution in [0, 0.1) is 0 Å². The summed E-state index contributed by atoms with van der Waals surface area (Å²) in [7, 11) is 1.56. The third kappa shape index (κ3) is 3.81. The molecule has 29 heavy (non-hydrogen) atoms. The standard InChI is InChI=1S/C22H24N2O5/c1-4-22(16-8-12-17(28-3)13-9-16)20(26)24(21(27)23-22)14-19(25)15-6-10-18(11-7-15)29-5-2/h6-13H,4-5,14H2,1-3H3,(H,23,27)/t22-/m1/s1. The molecule has 0 radical (unpaired) electrons. The molecule has 152 valence electrons. The summed E-state index contributed by atoms with van der Waals surface area (Å²) in [6.45, 7) is 3.90. The minimum absolute atomic E-state index is 0.321. The Bertz CT molecular complexity index is 908. The Kier molecular flexibility index (Phi) is 5.87. The highest BCUT2D eigenvalue weighted by Crippen LogP contribution is 2.33. The molecule has 0 bridgehead atoms. The van der Waals surface area contributed by atoms with Gasteiger partial charge in [-0.05, 0) is 55.3 Å². The molecule has 7 heteroatoms. The lowest BCUT2D eigenvalue weighted by Gasteiger charge is -2.26. The van der Waals surface area contributed by atoms with Gasteiger partial charge in [0.15, 0.2) is 5.78 Å². The minimum Gasteiger partial charge on any atom is -0.497 e. The van der Waals surface area contributed by atoms with Gasteiger partial charge in [0, 0.05) is 5.56 Å². The van der Waals surface area contributed by atoms with Crippen molar-refractivity contribution in [1.82, 2.24) is 10.2 Å². The highest BCUT2D eigenvalue weighted by Gasteiger charge is 2.51. The number of rotatable bonds is 8. The Labute approximate surface area is 169 Å². The number of carbonyl (C=O) groups excluding carboxylic acids is 3. The van der Waals surface area contributed by atoms with E-state index in [1.165, 1.54) is 0 Å². The summed E-state index contributed by atoms with van der Waals surface area (Å²) in [6.07, 6.45) is 0.359. The average Bonchev–Trinajstić information content (AvgIpc) is 2.99. The number of ether oxygens (including phenoxy) is 2. The summed E-state index contributed by atoms with van der Waals surface area (Å²) in [5, 5.41) is 2.78. The van der Waals surface area contributed by atoms with E-state index in [2.05, 4.69) is 5.32 Å². The fourth-order valence-electron chi connectivity index (χ4n) is 3.42. The van der Waals surface area contributed by atoms with E-state index in [0.29, 0.717) is 35.7 Å². The first-order valence-electron chi connectivity index (χ1n) is 9.50. The van der Waals surface area contributed by atoms with Crippen molar-refractivity contribution in [2.45, 2.75) is 25.8 Å². The normalized spacial score (nSPS) is 18.5. The van der Waals surface area contributed by atoms with Crippen molar-refractivity contribution in [1.29, 1.82) is 0 Å². The van der Waals surface area contributed by atoms with Gasteiger partial charge in [0.05, 0.1) is 20.3 Å². The van der Waals surface area contributed by atoms with E-state index >= 15 is 0 Å². The second-order valence-corrected chi connectivity index (χ2v) is 6.69. The van der Waals surface area contributed by atoms with Gasteiger partial charge in [-0.2, -0.15) is 0 Å². The maximum Gasteiger partial charge on any atom is 0.325 e. The van der Waals surface area contributed by atoms with Crippen LogP contribution >= 0.6 is 0 Å². The van der Waals surface area contributed by atoms with Crippen molar-refractivity contribution in [3.63, 3.8) is 0 Å². The van der Waals surface area contributed by atoms with Gasteiger partial charge < -0.3 is 14.8 Å². The summed E-state index contributed by atoms with van der Waals surface area (Å²) < 4.78 is 10.5. The first kappa shape index (κ1) is 20.4. The maximum atomic E-state index is 13.2. The van der Waals surface area contributed by atoms with Crippen molar-refractivity contribution >= 4 is 17.7 Å². The number of amides is 3. The van der Waals surface area contributed by atoms with Crippen molar-refractivity contribution in [2.75, 3.05) is 20.3 Å². The lowest BCUT2D eigenvalue weighted by Crippen LogP contribution is -2.43. The summed E-state index contributed by atoms with van der Waals surface area (Å²) in [5.74, 6) is 0.551. The molecule has 1 N–H and O–H groups in total. The van der Waals surface area contributed by atoms with Gasteiger partial charge in [0.25, 0.3) is 5.91 Å².